The first kappa shape index (κ1) is 18.3. The quantitative estimate of drug-likeness (QED) is 0.720. The summed E-state index contributed by atoms with van der Waals surface area (Å²) >= 11 is 0. The molecular weight excluding hydrogens is 260 g/mol. The van der Waals surface area contributed by atoms with E-state index in [1.807, 2.05) is 0 Å². The molecule has 0 aromatic heterocycles. The van der Waals surface area contributed by atoms with E-state index < -0.39 is 46.7 Å². The Labute approximate surface area is 119 Å². The fourth-order valence-electron chi connectivity index (χ4n) is 1.29. The summed E-state index contributed by atoms with van der Waals surface area (Å²) in [5.74, 6) is -2.54. The summed E-state index contributed by atoms with van der Waals surface area (Å²) in [6.45, 7) is 9.84. The van der Waals surface area contributed by atoms with Gasteiger partial charge in [0.15, 0.2) is 0 Å². The molecule has 3 N–H and O–H groups in total. The monoisotopic (exact) mass is 284 g/mol. The average molecular weight is 284 g/mol. The van der Waals surface area contributed by atoms with E-state index in [9.17, 15) is 19.2 Å². The van der Waals surface area contributed by atoms with Crippen LogP contribution >= 0.6 is 0 Å². The summed E-state index contributed by atoms with van der Waals surface area (Å²) in [5.41, 5.74) is 3.63. The third-order valence-corrected chi connectivity index (χ3v) is 2.65. The van der Waals surface area contributed by atoms with Gasteiger partial charge in [-0.25, -0.2) is 0 Å². The molecule has 0 saturated carbocycles. The molecule has 6 nitrogen and oxygen atoms in total. The molecule has 1 atom stereocenters. The lowest BCUT2D eigenvalue weighted by Gasteiger charge is -2.23. The van der Waals surface area contributed by atoms with Crippen molar-refractivity contribution in [2.45, 2.75) is 54.0 Å². The highest BCUT2D eigenvalue weighted by molar-refractivity contribution is 6.39. The highest BCUT2D eigenvalue weighted by atomic mass is 16.2. The number of amides is 2. The summed E-state index contributed by atoms with van der Waals surface area (Å²) in [5, 5.41) is 2.41. The van der Waals surface area contributed by atoms with E-state index in [-0.39, 0.29) is 0 Å². The average Bonchev–Trinajstić information content (AvgIpc) is 2.23. The van der Waals surface area contributed by atoms with Gasteiger partial charge in [0.2, 0.25) is 23.4 Å². The minimum atomic E-state index is -1.17. The molecule has 0 aliphatic rings. The number of hydrogen-bond donors (Lipinski definition) is 2. The number of carbonyl (C=O) groups is 4. The molecule has 0 aliphatic carbocycles. The second-order valence-electron chi connectivity index (χ2n) is 6.88. The van der Waals surface area contributed by atoms with Crippen molar-refractivity contribution in [1.29, 1.82) is 0 Å². The predicted octanol–water partition coefficient (Wildman–Crippen LogP) is 0.577. The summed E-state index contributed by atoms with van der Waals surface area (Å²) < 4.78 is 0. The maximum absolute atomic E-state index is 11.8. The Balaban J connectivity index is 4.91. The van der Waals surface area contributed by atoms with Gasteiger partial charge in [0.25, 0.3) is 0 Å². The first-order chi connectivity index (χ1) is 8.76. The second kappa shape index (κ2) is 6.15. The number of carbonyl (C=O) groups excluding carboxylic acids is 4. The Morgan fingerprint density at radius 2 is 1.40 bits per heavy atom. The molecule has 114 valence electrons. The molecule has 0 aromatic carbocycles. The molecule has 1 unspecified atom stereocenters. The van der Waals surface area contributed by atoms with E-state index in [4.69, 9.17) is 5.73 Å². The van der Waals surface area contributed by atoms with Gasteiger partial charge in [-0.1, -0.05) is 41.5 Å². The minimum absolute atomic E-state index is 0.405. The number of rotatable bonds is 5. The highest BCUT2D eigenvalue weighted by Gasteiger charge is 2.33. The van der Waals surface area contributed by atoms with Gasteiger partial charge in [-0.3, -0.25) is 19.2 Å². The molecule has 0 fully saturated rings. The van der Waals surface area contributed by atoms with Crippen molar-refractivity contribution in [2.75, 3.05) is 0 Å². The molecule has 0 bridgehead atoms. The molecule has 2 amide bonds. The smallest absolute Gasteiger partial charge is 0.240 e. The highest BCUT2D eigenvalue weighted by Crippen LogP contribution is 2.17. The molecule has 0 radical (unpaired) electrons. The van der Waals surface area contributed by atoms with Crippen molar-refractivity contribution < 1.29 is 19.2 Å². The fourth-order valence-corrected chi connectivity index (χ4v) is 1.29. The summed E-state index contributed by atoms with van der Waals surface area (Å²) in [6.07, 6.45) is -0.409. The molecule has 20 heavy (non-hydrogen) atoms. The van der Waals surface area contributed by atoms with Gasteiger partial charge in [-0.2, -0.15) is 0 Å². The molecular formula is C14H24N2O4. The van der Waals surface area contributed by atoms with Crippen LogP contribution in [0.25, 0.3) is 0 Å². The topological polar surface area (TPSA) is 106 Å². The molecule has 0 aliphatic heterocycles. The molecule has 0 heterocycles. The van der Waals surface area contributed by atoms with Crippen molar-refractivity contribution in [2.24, 2.45) is 16.6 Å². The number of hydrogen-bond acceptors (Lipinski definition) is 4. The molecule has 6 heteroatoms. The standard InChI is InChI=1S/C14H24N2O4/c1-13(2,3)10(18)9(17)7-8(11(15)19)16-12(20)14(4,5)6/h8H,7H2,1-6H3,(H2,15,19)(H,16,20). The van der Waals surface area contributed by atoms with Crippen LogP contribution < -0.4 is 11.1 Å². The van der Waals surface area contributed by atoms with E-state index in [2.05, 4.69) is 5.32 Å². The number of primary amides is 1. The Bertz CT molecular complexity index is 427. The van der Waals surface area contributed by atoms with Crippen LogP contribution in [0.2, 0.25) is 0 Å². The number of ketones is 2. The lowest BCUT2D eigenvalue weighted by atomic mass is 9.86. The summed E-state index contributed by atoms with van der Waals surface area (Å²) in [7, 11) is 0. The zero-order chi connectivity index (χ0) is 16.3. The molecule has 0 aromatic rings. The Kier molecular flexibility index (Phi) is 5.62. The largest absolute Gasteiger partial charge is 0.368 e. The Morgan fingerprint density at radius 1 is 0.950 bits per heavy atom. The fraction of sp³-hybridized carbons (Fsp3) is 0.714. The minimum Gasteiger partial charge on any atom is -0.368 e. The number of nitrogens with one attached hydrogen (secondary N) is 1. The van der Waals surface area contributed by atoms with Gasteiger partial charge < -0.3 is 11.1 Å². The van der Waals surface area contributed by atoms with Gasteiger partial charge in [0, 0.05) is 17.3 Å². The van der Waals surface area contributed by atoms with Crippen molar-refractivity contribution in [3.63, 3.8) is 0 Å². The van der Waals surface area contributed by atoms with Crippen molar-refractivity contribution in [3.8, 4) is 0 Å². The third kappa shape index (κ3) is 5.50. The van der Waals surface area contributed by atoms with E-state index in [1.54, 1.807) is 41.5 Å². The molecule has 0 spiro atoms. The van der Waals surface area contributed by atoms with E-state index in [0.717, 1.165) is 0 Å². The lowest BCUT2D eigenvalue weighted by Crippen LogP contribution is -2.50. The van der Waals surface area contributed by atoms with Gasteiger partial charge in [-0.05, 0) is 0 Å². The van der Waals surface area contributed by atoms with E-state index >= 15 is 0 Å². The van der Waals surface area contributed by atoms with Crippen LogP contribution in [0.1, 0.15) is 48.0 Å². The second-order valence-corrected chi connectivity index (χ2v) is 6.88. The normalized spacial score (nSPS) is 13.5. The van der Waals surface area contributed by atoms with Gasteiger partial charge in [0.05, 0.1) is 0 Å². The van der Waals surface area contributed by atoms with Crippen molar-refractivity contribution in [3.05, 3.63) is 0 Å². The van der Waals surface area contributed by atoms with Crippen LogP contribution in [0.15, 0.2) is 0 Å². The number of nitrogens with two attached hydrogens (primary N) is 1. The first-order valence-electron chi connectivity index (χ1n) is 6.44. The summed E-state index contributed by atoms with van der Waals surface area (Å²) in [6, 6.07) is -1.17. The third-order valence-electron chi connectivity index (χ3n) is 2.65. The van der Waals surface area contributed by atoms with Crippen LogP contribution in [0.4, 0.5) is 0 Å². The molecule has 0 rings (SSSR count). The van der Waals surface area contributed by atoms with Crippen LogP contribution in [0.5, 0.6) is 0 Å². The van der Waals surface area contributed by atoms with Crippen molar-refractivity contribution in [1.82, 2.24) is 5.32 Å². The van der Waals surface area contributed by atoms with Gasteiger partial charge in [0.1, 0.15) is 6.04 Å². The van der Waals surface area contributed by atoms with E-state index in [0.29, 0.717) is 0 Å². The maximum Gasteiger partial charge on any atom is 0.240 e. The van der Waals surface area contributed by atoms with E-state index in [1.165, 1.54) is 0 Å². The SMILES string of the molecule is CC(C)(C)C(=O)NC(CC(=O)C(=O)C(C)(C)C)C(N)=O. The summed E-state index contributed by atoms with van der Waals surface area (Å²) in [4.78, 5) is 46.7. The van der Waals surface area contributed by atoms with Crippen molar-refractivity contribution >= 4 is 23.4 Å². The van der Waals surface area contributed by atoms with Crippen LogP contribution in [0.3, 0.4) is 0 Å². The van der Waals surface area contributed by atoms with Crippen LogP contribution in [0, 0.1) is 10.8 Å². The van der Waals surface area contributed by atoms with Crippen LogP contribution in [-0.4, -0.2) is 29.4 Å². The zero-order valence-corrected chi connectivity index (χ0v) is 13.0. The molecule has 0 saturated heterocycles. The lowest BCUT2D eigenvalue weighted by molar-refractivity contribution is -0.142. The first-order valence-corrected chi connectivity index (χ1v) is 6.44. The van der Waals surface area contributed by atoms with Gasteiger partial charge in [-0.15, -0.1) is 0 Å². The Hall–Kier alpha value is -1.72. The maximum atomic E-state index is 11.8. The van der Waals surface area contributed by atoms with Gasteiger partial charge >= 0.3 is 0 Å². The predicted molar refractivity (Wildman–Crippen MR) is 74.7 cm³/mol. The van der Waals surface area contributed by atoms with Crippen LogP contribution in [-0.2, 0) is 19.2 Å². The zero-order valence-electron chi connectivity index (χ0n) is 13.0. The number of Topliss-reactive ketones (excluding diaryl/α,β-unsaturated/α-hetero) is 2. The Morgan fingerprint density at radius 3 is 1.70 bits per heavy atom.